The maximum absolute atomic E-state index is 13.2. The van der Waals surface area contributed by atoms with Gasteiger partial charge in [-0.05, 0) is 55.5 Å². The molecule has 2 aliphatic rings. The van der Waals surface area contributed by atoms with E-state index >= 15 is 0 Å². The van der Waals surface area contributed by atoms with Crippen LogP contribution in [0.5, 0.6) is 5.88 Å². The lowest BCUT2D eigenvalue weighted by atomic mass is 9.86. The van der Waals surface area contributed by atoms with Gasteiger partial charge in [-0.1, -0.05) is 6.07 Å². The Labute approximate surface area is 200 Å². The summed E-state index contributed by atoms with van der Waals surface area (Å²) in [6.07, 6.45) is 3.93. The molecule has 35 heavy (non-hydrogen) atoms. The molecule has 2 aliphatic heterocycles. The lowest BCUT2D eigenvalue weighted by Gasteiger charge is -2.36. The molecule has 184 valence electrons. The highest BCUT2D eigenvalue weighted by Crippen LogP contribution is 2.38. The Morgan fingerprint density at radius 3 is 2.80 bits per heavy atom. The standard InChI is InChI=1S/C23H26F2N8O2/c1-13(16-4-5-18(26-11-16)35-22(24)25)21(34)33-9-8-23(12-33)7-6-15-10-17(14(2)27-19(15)28-23)20-29-31-32(3)30-20/h4-5,10-11,13,22H,6-9,12H2,1-3H3,(H,27,28)/t13-,23-/m0/s1. The summed E-state index contributed by atoms with van der Waals surface area (Å²) < 4.78 is 29.0. The number of alkyl halides is 2. The Balaban J connectivity index is 1.28. The Bertz CT molecular complexity index is 1250. The third-order valence-electron chi connectivity index (χ3n) is 6.80. The van der Waals surface area contributed by atoms with Crippen LogP contribution in [0.3, 0.4) is 0 Å². The number of nitrogens with one attached hydrogen (secondary N) is 1. The number of likely N-dealkylation sites (tertiary alicyclic amines) is 1. The van der Waals surface area contributed by atoms with Crippen molar-refractivity contribution >= 4 is 11.7 Å². The smallest absolute Gasteiger partial charge is 0.388 e. The topological polar surface area (TPSA) is 111 Å². The molecule has 5 rings (SSSR count). The largest absolute Gasteiger partial charge is 0.417 e. The average Bonchev–Trinajstić information content (AvgIpc) is 3.44. The molecule has 1 N–H and O–H groups in total. The first-order valence-electron chi connectivity index (χ1n) is 11.5. The van der Waals surface area contributed by atoms with Gasteiger partial charge in [0.1, 0.15) is 5.82 Å². The van der Waals surface area contributed by atoms with Crippen molar-refractivity contribution in [1.82, 2.24) is 35.1 Å². The molecule has 1 amide bonds. The molecule has 1 saturated heterocycles. The maximum Gasteiger partial charge on any atom is 0.388 e. The number of rotatable bonds is 5. The molecule has 0 unspecified atom stereocenters. The van der Waals surface area contributed by atoms with Gasteiger partial charge in [0.25, 0.3) is 0 Å². The molecule has 1 fully saturated rings. The molecular weight excluding hydrogens is 458 g/mol. The van der Waals surface area contributed by atoms with E-state index in [-0.39, 0.29) is 17.3 Å². The SMILES string of the molecule is Cc1nc2c(cc1-c1nnn(C)n1)CC[C@@]1(CCN(C(=O)[C@@H](C)c3ccc(OC(F)F)nc3)C1)N2. The van der Waals surface area contributed by atoms with Gasteiger partial charge in [0, 0.05) is 30.9 Å². The number of carbonyl (C=O) groups excluding carboxylic acids is 1. The predicted molar refractivity (Wildman–Crippen MR) is 122 cm³/mol. The second-order valence-corrected chi connectivity index (χ2v) is 9.18. The molecule has 12 heteroatoms. The molecular formula is C23H26F2N8O2. The summed E-state index contributed by atoms with van der Waals surface area (Å²) in [4.78, 5) is 25.2. The van der Waals surface area contributed by atoms with E-state index in [1.807, 2.05) is 11.8 Å². The van der Waals surface area contributed by atoms with Crippen LogP contribution in [0, 0.1) is 6.92 Å². The van der Waals surface area contributed by atoms with E-state index in [1.165, 1.54) is 17.1 Å². The summed E-state index contributed by atoms with van der Waals surface area (Å²) in [5.41, 5.74) is 3.19. The van der Waals surface area contributed by atoms with Gasteiger partial charge in [-0.25, -0.2) is 9.97 Å². The molecule has 0 aliphatic carbocycles. The number of hydrogen-bond donors (Lipinski definition) is 1. The maximum atomic E-state index is 13.2. The van der Waals surface area contributed by atoms with Crippen molar-refractivity contribution in [3.05, 3.63) is 41.2 Å². The molecule has 0 radical (unpaired) electrons. The third-order valence-corrected chi connectivity index (χ3v) is 6.80. The van der Waals surface area contributed by atoms with Crippen LogP contribution in [0.2, 0.25) is 0 Å². The van der Waals surface area contributed by atoms with Crippen molar-refractivity contribution in [3.63, 3.8) is 0 Å². The minimum atomic E-state index is -2.94. The number of pyridine rings is 2. The third kappa shape index (κ3) is 4.52. The number of nitrogens with zero attached hydrogens (tertiary/aromatic N) is 7. The highest BCUT2D eigenvalue weighted by atomic mass is 19.3. The van der Waals surface area contributed by atoms with Crippen LogP contribution in [0.1, 0.15) is 42.5 Å². The van der Waals surface area contributed by atoms with Crippen molar-refractivity contribution in [2.45, 2.75) is 51.2 Å². The minimum Gasteiger partial charge on any atom is -0.417 e. The molecule has 5 heterocycles. The van der Waals surface area contributed by atoms with E-state index in [1.54, 1.807) is 20.0 Å². The number of tetrazole rings is 1. The molecule has 3 aromatic heterocycles. The Hall–Kier alpha value is -3.70. The van der Waals surface area contributed by atoms with Gasteiger partial charge in [-0.15, -0.1) is 10.2 Å². The molecule has 0 saturated carbocycles. The number of aromatic nitrogens is 6. The summed E-state index contributed by atoms with van der Waals surface area (Å²) in [6.45, 7) is 1.99. The van der Waals surface area contributed by atoms with Crippen LogP contribution in [-0.2, 0) is 18.3 Å². The van der Waals surface area contributed by atoms with Crippen molar-refractivity contribution in [2.75, 3.05) is 18.4 Å². The van der Waals surface area contributed by atoms with Crippen LogP contribution in [-0.4, -0.2) is 66.2 Å². The quantitative estimate of drug-likeness (QED) is 0.589. The molecule has 1 spiro atoms. The number of anilines is 1. The molecule has 2 atom stereocenters. The fourth-order valence-electron chi connectivity index (χ4n) is 4.84. The number of aryl methyl sites for hydroxylation is 3. The second-order valence-electron chi connectivity index (χ2n) is 9.18. The molecule has 3 aromatic rings. The van der Waals surface area contributed by atoms with Crippen LogP contribution in [0.25, 0.3) is 11.4 Å². The van der Waals surface area contributed by atoms with Crippen LogP contribution in [0.4, 0.5) is 14.6 Å². The lowest BCUT2D eigenvalue weighted by molar-refractivity contribution is -0.131. The molecule has 0 aromatic carbocycles. The molecule has 10 nitrogen and oxygen atoms in total. The number of amides is 1. The van der Waals surface area contributed by atoms with Crippen LogP contribution in [0.15, 0.2) is 24.4 Å². The zero-order valence-electron chi connectivity index (χ0n) is 19.7. The monoisotopic (exact) mass is 484 g/mol. The number of halogens is 2. The Morgan fingerprint density at radius 1 is 1.29 bits per heavy atom. The van der Waals surface area contributed by atoms with E-state index in [9.17, 15) is 13.6 Å². The summed E-state index contributed by atoms with van der Waals surface area (Å²) in [5, 5.41) is 15.9. The highest BCUT2D eigenvalue weighted by Gasteiger charge is 2.43. The van der Waals surface area contributed by atoms with E-state index in [4.69, 9.17) is 4.98 Å². The summed E-state index contributed by atoms with van der Waals surface area (Å²) in [7, 11) is 1.73. The van der Waals surface area contributed by atoms with Gasteiger partial charge in [-0.3, -0.25) is 4.79 Å². The van der Waals surface area contributed by atoms with Gasteiger partial charge in [0.15, 0.2) is 0 Å². The Kier molecular flexibility index (Phi) is 5.81. The lowest BCUT2D eigenvalue weighted by Crippen LogP contribution is -2.46. The number of hydrogen-bond acceptors (Lipinski definition) is 8. The summed E-state index contributed by atoms with van der Waals surface area (Å²) >= 11 is 0. The van der Waals surface area contributed by atoms with E-state index in [0.29, 0.717) is 24.5 Å². The van der Waals surface area contributed by atoms with Gasteiger partial charge >= 0.3 is 6.61 Å². The second kappa shape index (κ2) is 8.82. The number of fused-ring (bicyclic) bond motifs is 1. The van der Waals surface area contributed by atoms with Gasteiger partial charge < -0.3 is 15.0 Å². The first kappa shape index (κ1) is 23.1. The fourth-order valence-corrected chi connectivity index (χ4v) is 4.84. The van der Waals surface area contributed by atoms with Gasteiger partial charge in [0.2, 0.25) is 17.6 Å². The normalized spacial score (nSPS) is 20.1. The first-order chi connectivity index (χ1) is 16.7. The van der Waals surface area contributed by atoms with Gasteiger partial charge in [-0.2, -0.15) is 13.6 Å². The Morgan fingerprint density at radius 2 is 2.11 bits per heavy atom. The van der Waals surface area contributed by atoms with E-state index in [2.05, 4.69) is 36.5 Å². The van der Waals surface area contributed by atoms with Crippen molar-refractivity contribution in [2.24, 2.45) is 7.05 Å². The fraction of sp³-hybridized carbons (Fsp3) is 0.478. The average molecular weight is 485 g/mol. The summed E-state index contributed by atoms with van der Waals surface area (Å²) in [5.74, 6) is 0.747. The predicted octanol–water partition coefficient (Wildman–Crippen LogP) is 2.71. The van der Waals surface area contributed by atoms with Gasteiger partial charge in [0.05, 0.1) is 24.2 Å². The number of carbonyl (C=O) groups is 1. The number of ether oxygens (including phenoxy) is 1. The first-order valence-corrected chi connectivity index (χ1v) is 11.5. The zero-order chi connectivity index (χ0) is 24.7. The summed E-state index contributed by atoms with van der Waals surface area (Å²) in [6, 6.07) is 5.03. The van der Waals surface area contributed by atoms with Crippen molar-refractivity contribution < 1.29 is 18.3 Å². The molecule has 0 bridgehead atoms. The zero-order valence-corrected chi connectivity index (χ0v) is 19.7. The van der Waals surface area contributed by atoms with Crippen LogP contribution < -0.4 is 10.1 Å². The van der Waals surface area contributed by atoms with E-state index in [0.717, 1.165) is 41.9 Å². The minimum absolute atomic E-state index is 0.0213. The van der Waals surface area contributed by atoms with Crippen molar-refractivity contribution in [3.8, 4) is 17.3 Å². The van der Waals surface area contributed by atoms with Crippen LogP contribution >= 0.6 is 0 Å². The highest BCUT2D eigenvalue weighted by molar-refractivity contribution is 5.84. The van der Waals surface area contributed by atoms with Crippen molar-refractivity contribution in [1.29, 1.82) is 0 Å². The van der Waals surface area contributed by atoms with E-state index < -0.39 is 12.5 Å².